The van der Waals surface area contributed by atoms with E-state index in [1.807, 2.05) is 50.2 Å². The molecule has 0 aliphatic rings. The van der Waals surface area contributed by atoms with E-state index in [9.17, 15) is 9.59 Å². The summed E-state index contributed by atoms with van der Waals surface area (Å²) >= 11 is 5.89. The largest absolute Gasteiger partial charge is 0.342 e. The molecule has 0 aromatic heterocycles. The highest BCUT2D eigenvalue weighted by molar-refractivity contribution is 6.30. The Labute approximate surface area is 160 Å². The van der Waals surface area contributed by atoms with E-state index in [4.69, 9.17) is 11.6 Å². The van der Waals surface area contributed by atoms with E-state index in [1.165, 1.54) is 6.92 Å². The number of nitrogens with zero attached hydrogens (tertiary/aromatic N) is 1. The third-order valence-corrected chi connectivity index (χ3v) is 4.40. The minimum Gasteiger partial charge on any atom is -0.342 e. The number of hydrogen-bond acceptors (Lipinski definition) is 2. The molecule has 0 heterocycles. The van der Waals surface area contributed by atoms with Crippen LogP contribution in [0.3, 0.4) is 0 Å². The highest BCUT2D eigenvalue weighted by atomic mass is 35.5. The van der Waals surface area contributed by atoms with E-state index >= 15 is 0 Å². The second-order valence-electron chi connectivity index (χ2n) is 6.56. The number of nitrogens with one attached hydrogen (secondary N) is 1. The molecule has 0 atom stereocenters. The van der Waals surface area contributed by atoms with Gasteiger partial charge in [-0.1, -0.05) is 29.8 Å². The van der Waals surface area contributed by atoms with Gasteiger partial charge in [0.1, 0.15) is 0 Å². The van der Waals surface area contributed by atoms with Crippen LogP contribution < -0.4 is 5.32 Å². The molecule has 0 radical (unpaired) electrons. The topological polar surface area (TPSA) is 49.4 Å². The van der Waals surface area contributed by atoms with Crippen LogP contribution in [0.5, 0.6) is 0 Å². The van der Waals surface area contributed by atoms with Crippen molar-refractivity contribution < 1.29 is 9.59 Å². The molecule has 0 aliphatic heterocycles. The summed E-state index contributed by atoms with van der Waals surface area (Å²) in [5, 5.41) is 3.60. The molecule has 0 spiro atoms. The van der Waals surface area contributed by atoms with Crippen LogP contribution in [0.2, 0.25) is 5.02 Å². The molecule has 26 heavy (non-hydrogen) atoms. The number of carbonyl (C=O) groups excluding carboxylic acids is 2. The smallest absolute Gasteiger partial charge is 0.226 e. The van der Waals surface area contributed by atoms with Gasteiger partial charge >= 0.3 is 0 Å². The third kappa shape index (κ3) is 6.52. The molecule has 0 saturated heterocycles. The van der Waals surface area contributed by atoms with Gasteiger partial charge in [0.15, 0.2) is 0 Å². The Morgan fingerprint density at radius 2 is 1.62 bits per heavy atom. The van der Waals surface area contributed by atoms with Crippen LogP contribution in [0.1, 0.15) is 30.0 Å². The summed E-state index contributed by atoms with van der Waals surface area (Å²) in [6.07, 6.45) is 1.00. The lowest BCUT2D eigenvalue weighted by molar-refractivity contribution is -0.129. The van der Waals surface area contributed by atoms with Crippen molar-refractivity contribution in [3.05, 3.63) is 64.2 Å². The van der Waals surface area contributed by atoms with E-state index in [0.717, 1.165) is 28.8 Å². The van der Waals surface area contributed by atoms with Crippen molar-refractivity contribution in [2.75, 3.05) is 18.4 Å². The lowest BCUT2D eigenvalue weighted by atomic mass is 10.1. The van der Waals surface area contributed by atoms with E-state index < -0.39 is 0 Å². The van der Waals surface area contributed by atoms with Crippen molar-refractivity contribution in [1.29, 1.82) is 0 Å². The van der Waals surface area contributed by atoms with Gasteiger partial charge in [-0.15, -0.1) is 0 Å². The first-order valence-corrected chi connectivity index (χ1v) is 9.09. The Morgan fingerprint density at radius 3 is 2.19 bits per heavy atom. The summed E-state index contributed by atoms with van der Waals surface area (Å²) in [5.74, 6) is -0.120. The third-order valence-electron chi connectivity index (χ3n) is 4.14. The van der Waals surface area contributed by atoms with Gasteiger partial charge in [-0.05, 0) is 61.2 Å². The van der Waals surface area contributed by atoms with Gasteiger partial charge in [-0.3, -0.25) is 9.59 Å². The first-order chi connectivity index (χ1) is 12.3. The minimum absolute atomic E-state index is 0.0295. The number of hydrogen-bond donors (Lipinski definition) is 1. The molecule has 1 N–H and O–H groups in total. The number of carbonyl (C=O) groups is 2. The molecule has 0 fully saturated rings. The Kier molecular flexibility index (Phi) is 7.22. The maximum atomic E-state index is 12.2. The summed E-state index contributed by atoms with van der Waals surface area (Å²) in [6.45, 7) is 6.50. The number of amides is 2. The molecule has 0 saturated carbocycles. The molecule has 4 nitrogen and oxygen atoms in total. The highest BCUT2D eigenvalue weighted by Gasteiger charge is 2.12. The van der Waals surface area contributed by atoms with Crippen LogP contribution >= 0.6 is 11.6 Å². The van der Waals surface area contributed by atoms with Crippen molar-refractivity contribution in [3.63, 3.8) is 0 Å². The monoisotopic (exact) mass is 372 g/mol. The van der Waals surface area contributed by atoms with Crippen LogP contribution in [0.25, 0.3) is 0 Å². The lowest BCUT2D eigenvalue weighted by Crippen LogP contribution is -2.33. The number of benzene rings is 2. The van der Waals surface area contributed by atoms with Crippen molar-refractivity contribution in [2.24, 2.45) is 0 Å². The molecule has 5 heteroatoms. The first-order valence-electron chi connectivity index (χ1n) is 8.71. The molecular weight excluding hydrogens is 348 g/mol. The maximum Gasteiger partial charge on any atom is 0.226 e. The standard InChI is InChI=1S/C21H25ClN2O2/c1-15-12-16(2)14-20(13-15)23-21(26)9-11-24(17(3)25)10-8-18-4-6-19(22)7-5-18/h4-7,12-14H,8-11H2,1-3H3,(H,23,26). The zero-order valence-corrected chi connectivity index (χ0v) is 16.3. The molecule has 0 bridgehead atoms. The van der Waals surface area contributed by atoms with Gasteiger partial charge in [0.25, 0.3) is 0 Å². The summed E-state index contributed by atoms with van der Waals surface area (Å²) < 4.78 is 0. The fourth-order valence-corrected chi connectivity index (χ4v) is 2.97. The summed E-state index contributed by atoms with van der Waals surface area (Å²) in [6, 6.07) is 13.5. The molecule has 0 unspecified atom stereocenters. The van der Waals surface area contributed by atoms with Gasteiger partial charge in [-0.25, -0.2) is 0 Å². The number of aryl methyl sites for hydroxylation is 2. The van der Waals surface area contributed by atoms with E-state index in [0.29, 0.717) is 18.1 Å². The fraction of sp³-hybridized carbons (Fsp3) is 0.333. The van der Waals surface area contributed by atoms with Crippen molar-refractivity contribution in [1.82, 2.24) is 4.90 Å². The molecule has 2 amide bonds. The zero-order valence-electron chi connectivity index (χ0n) is 15.5. The second kappa shape index (κ2) is 9.39. The van der Waals surface area contributed by atoms with Gasteiger partial charge in [-0.2, -0.15) is 0 Å². The van der Waals surface area contributed by atoms with Gasteiger partial charge < -0.3 is 10.2 Å². The average molecular weight is 373 g/mol. The first kappa shape index (κ1) is 20.0. The van der Waals surface area contributed by atoms with Crippen molar-refractivity contribution in [3.8, 4) is 0 Å². The SMILES string of the molecule is CC(=O)N(CCC(=O)Nc1cc(C)cc(C)c1)CCc1ccc(Cl)cc1. The minimum atomic E-state index is -0.0901. The molecule has 2 rings (SSSR count). The normalized spacial score (nSPS) is 10.5. The van der Waals surface area contributed by atoms with Crippen LogP contribution in [-0.4, -0.2) is 29.8 Å². The van der Waals surface area contributed by atoms with E-state index in [-0.39, 0.29) is 18.2 Å². The number of anilines is 1. The Bertz CT molecular complexity index is 752. The Balaban J connectivity index is 1.86. The Hall–Kier alpha value is -2.33. The van der Waals surface area contributed by atoms with E-state index in [1.54, 1.807) is 4.90 Å². The summed E-state index contributed by atoms with van der Waals surface area (Å²) in [4.78, 5) is 25.8. The average Bonchev–Trinajstić information content (AvgIpc) is 2.55. The lowest BCUT2D eigenvalue weighted by Gasteiger charge is -2.21. The van der Waals surface area contributed by atoms with Crippen molar-refractivity contribution >= 4 is 29.1 Å². The predicted molar refractivity (Wildman–Crippen MR) is 107 cm³/mol. The predicted octanol–water partition coefficient (Wildman–Crippen LogP) is 4.38. The summed E-state index contributed by atoms with van der Waals surface area (Å²) in [5.41, 5.74) is 4.12. The molecule has 2 aromatic rings. The quantitative estimate of drug-likeness (QED) is 0.784. The second-order valence-corrected chi connectivity index (χ2v) is 6.99. The number of rotatable bonds is 7. The zero-order chi connectivity index (χ0) is 19.1. The van der Waals surface area contributed by atoms with Gasteiger partial charge in [0.2, 0.25) is 11.8 Å². The maximum absolute atomic E-state index is 12.2. The molecule has 0 aliphatic carbocycles. The Morgan fingerprint density at radius 1 is 1.00 bits per heavy atom. The number of halogens is 1. The van der Waals surface area contributed by atoms with Crippen LogP contribution in [0.4, 0.5) is 5.69 Å². The molecular formula is C21H25ClN2O2. The fourth-order valence-electron chi connectivity index (χ4n) is 2.85. The van der Waals surface area contributed by atoms with Crippen LogP contribution in [0.15, 0.2) is 42.5 Å². The van der Waals surface area contributed by atoms with Crippen LogP contribution in [0, 0.1) is 13.8 Å². The van der Waals surface area contributed by atoms with Gasteiger partial charge in [0, 0.05) is 37.1 Å². The highest BCUT2D eigenvalue weighted by Crippen LogP contribution is 2.14. The van der Waals surface area contributed by atoms with E-state index in [2.05, 4.69) is 11.4 Å². The molecule has 2 aromatic carbocycles. The van der Waals surface area contributed by atoms with Gasteiger partial charge in [0.05, 0.1) is 0 Å². The van der Waals surface area contributed by atoms with Crippen LogP contribution in [-0.2, 0) is 16.0 Å². The summed E-state index contributed by atoms with van der Waals surface area (Å²) in [7, 11) is 0. The van der Waals surface area contributed by atoms with Crippen molar-refractivity contribution in [2.45, 2.75) is 33.6 Å². The molecule has 138 valence electrons.